The van der Waals surface area contributed by atoms with Gasteiger partial charge in [0.05, 0.1) is 0 Å². The van der Waals surface area contributed by atoms with Crippen LogP contribution in [0.25, 0.3) is 11.1 Å². The van der Waals surface area contributed by atoms with Gasteiger partial charge in [-0.15, -0.1) is 0 Å². The Kier molecular flexibility index (Phi) is 4.28. The Morgan fingerprint density at radius 1 is 1.33 bits per heavy atom. The third-order valence-corrected chi connectivity index (χ3v) is 3.54. The fraction of sp³-hybridized carbons (Fsp3) is 0.250. The Hall–Kier alpha value is -3.16. The number of nitrogens with one attached hydrogen (secondary N) is 2. The van der Waals surface area contributed by atoms with Gasteiger partial charge < -0.3 is 14.3 Å². The SMILES string of the molecule is Cn1cc(C(=O)NCCCc2nc3ccccc3o2)c(=O)[nH]c1=O. The van der Waals surface area contributed by atoms with Crippen LogP contribution in [-0.2, 0) is 13.5 Å². The number of rotatable bonds is 5. The monoisotopic (exact) mass is 328 g/mol. The van der Waals surface area contributed by atoms with E-state index in [1.54, 1.807) is 0 Å². The van der Waals surface area contributed by atoms with Crippen molar-refractivity contribution < 1.29 is 9.21 Å². The smallest absolute Gasteiger partial charge is 0.328 e. The fourth-order valence-electron chi connectivity index (χ4n) is 2.29. The summed E-state index contributed by atoms with van der Waals surface area (Å²) in [5.41, 5.74) is 0.169. The number of H-pyrrole nitrogens is 1. The normalized spacial score (nSPS) is 10.9. The zero-order valence-corrected chi connectivity index (χ0v) is 13.0. The van der Waals surface area contributed by atoms with Gasteiger partial charge in [-0.3, -0.25) is 14.6 Å². The number of aromatic nitrogens is 3. The number of aryl methyl sites for hydroxylation is 2. The Bertz CT molecular complexity index is 966. The van der Waals surface area contributed by atoms with E-state index >= 15 is 0 Å². The first-order valence-electron chi connectivity index (χ1n) is 7.47. The molecule has 0 unspecified atom stereocenters. The topological polar surface area (TPSA) is 110 Å². The van der Waals surface area contributed by atoms with Crippen molar-refractivity contribution in [1.82, 2.24) is 19.9 Å². The van der Waals surface area contributed by atoms with E-state index in [4.69, 9.17) is 4.42 Å². The zero-order valence-electron chi connectivity index (χ0n) is 13.0. The number of amides is 1. The summed E-state index contributed by atoms with van der Waals surface area (Å²) in [6.45, 7) is 0.361. The van der Waals surface area contributed by atoms with Gasteiger partial charge in [0.1, 0.15) is 11.1 Å². The molecule has 124 valence electrons. The molecule has 3 aromatic rings. The van der Waals surface area contributed by atoms with Gasteiger partial charge in [0.15, 0.2) is 11.5 Å². The Labute approximate surface area is 136 Å². The number of oxazole rings is 1. The molecule has 0 bridgehead atoms. The van der Waals surface area contributed by atoms with Crippen LogP contribution in [0.3, 0.4) is 0 Å². The van der Waals surface area contributed by atoms with Crippen LogP contribution in [-0.4, -0.2) is 27.0 Å². The summed E-state index contributed by atoms with van der Waals surface area (Å²) in [6, 6.07) is 7.48. The van der Waals surface area contributed by atoms with Crippen LogP contribution >= 0.6 is 0 Å². The average molecular weight is 328 g/mol. The highest BCUT2D eigenvalue weighted by Gasteiger charge is 2.12. The minimum Gasteiger partial charge on any atom is -0.441 e. The lowest BCUT2D eigenvalue weighted by molar-refractivity contribution is 0.0950. The van der Waals surface area contributed by atoms with Crippen molar-refractivity contribution in [3.63, 3.8) is 0 Å². The molecule has 0 spiro atoms. The van der Waals surface area contributed by atoms with Gasteiger partial charge in [0, 0.05) is 26.2 Å². The molecule has 0 radical (unpaired) electrons. The first kappa shape index (κ1) is 15.7. The molecule has 1 aromatic carbocycles. The van der Waals surface area contributed by atoms with E-state index in [2.05, 4.69) is 15.3 Å². The molecule has 24 heavy (non-hydrogen) atoms. The number of hydrogen-bond donors (Lipinski definition) is 2. The van der Waals surface area contributed by atoms with Crippen molar-refractivity contribution in [3.8, 4) is 0 Å². The van der Waals surface area contributed by atoms with E-state index in [1.807, 2.05) is 24.3 Å². The van der Waals surface area contributed by atoms with Crippen LogP contribution in [0.4, 0.5) is 0 Å². The lowest BCUT2D eigenvalue weighted by atomic mass is 10.2. The van der Waals surface area contributed by atoms with Gasteiger partial charge in [0.25, 0.3) is 11.5 Å². The highest BCUT2D eigenvalue weighted by molar-refractivity contribution is 5.93. The second kappa shape index (κ2) is 6.53. The molecule has 0 aliphatic carbocycles. The first-order chi connectivity index (χ1) is 11.5. The molecule has 0 fully saturated rings. The Morgan fingerprint density at radius 2 is 2.12 bits per heavy atom. The molecule has 3 rings (SSSR count). The third kappa shape index (κ3) is 3.27. The molecular formula is C16H16N4O4. The molecule has 8 heteroatoms. The summed E-state index contributed by atoms with van der Waals surface area (Å²) in [5.74, 6) is 0.0785. The van der Waals surface area contributed by atoms with Gasteiger partial charge >= 0.3 is 5.69 Å². The largest absolute Gasteiger partial charge is 0.441 e. The number of para-hydroxylation sites is 2. The average Bonchev–Trinajstić information content (AvgIpc) is 2.97. The van der Waals surface area contributed by atoms with Gasteiger partial charge in [0.2, 0.25) is 0 Å². The second-order valence-corrected chi connectivity index (χ2v) is 5.35. The molecule has 2 N–H and O–H groups in total. The number of aromatic amines is 1. The Morgan fingerprint density at radius 3 is 2.92 bits per heavy atom. The maximum atomic E-state index is 12.0. The molecule has 1 amide bonds. The fourth-order valence-corrected chi connectivity index (χ4v) is 2.29. The molecule has 8 nitrogen and oxygen atoms in total. The standard InChI is InChI=1S/C16H16N4O4/c1-20-9-10(15(22)19-16(20)23)14(21)17-8-4-7-13-18-11-5-2-3-6-12(11)24-13/h2-3,5-6,9H,4,7-8H2,1H3,(H,17,21)(H,19,22,23). The number of carbonyl (C=O) groups is 1. The number of hydrogen-bond acceptors (Lipinski definition) is 5. The van der Waals surface area contributed by atoms with Gasteiger partial charge in [-0.2, -0.15) is 0 Å². The van der Waals surface area contributed by atoms with Crippen molar-refractivity contribution in [3.05, 3.63) is 62.8 Å². The minimum atomic E-state index is -0.699. The van der Waals surface area contributed by atoms with E-state index in [0.717, 1.165) is 15.7 Å². The predicted molar refractivity (Wildman–Crippen MR) is 87.0 cm³/mol. The van der Waals surface area contributed by atoms with E-state index in [-0.39, 0.29) is 5.56 Å². The van der Waals surface area contributed by atoms with Crippen LogP contribution in [0.5, 0.6) is 0 Å². The minimum absolute atomic E-state index is 0.0982. The van der Waals surface area contributed by atoms with E-state index in [0.29, 0.717) is 25.3 Å². The highest BCUT2D eigenvalue weighted by atomic mass is 16.3. The van der Waals surface area contributed by atoms with Gasteiger partial charge in [-0.05, 0) is 18.6 Å². The summed E-state index contributed by atoms with van der Waals surface area (Å²) in [6.07, 6.45) is 2.40. The van der Waals surface area contributed by atoms with Gasteiger partial charge in [-0.1, -0.05) is 12.1 Å². The van der Waals surface area contributed by atoms with Crippen LogP contribution < -0.4 is 16.6 Å². The Balaban J connectivity index is 1.56. The van der Waals surface area contributed by atoms with Crippen molar-refractivity contribution in [2.45, 2.75) is 12.8 Å². The lowest BCUT2D eigenvalue weighted by Gasteiger charge is -2.04. The predicted octanol–water partition coefficient (Wildman–Crippen LogP) is 0.577. The molecule has 0 saturated carbocycles. The van der Waals surface area contributed by atoms with Crippen LogP contribution in [0.1, 0.15) is 22.7 Å². The molecular weight excluding hydrogens is 312 g/mol. The summed E-state index contributed by atoms with van der Waals surface area (Å²) in [5, 5.41) is 2.65. The molecule has 0 saturated heterocycles. The summed E-state index contributed by atoms with van der Waals surface area (Å²) in [4.78, 5) is 41.3. The third-order valence-electron chi connectivity index (χ3n) is 3.54. The summed E-state index contributed by atoms with van der Waals surface area (Å²) < 4.78 is 6.74. The molecule has 2 heterocycles. The van der Waals surface area contributed by atoms with E-state index in [1.165, 1.54) is 13.2 Å². The number of benzene rings is 1. The zero-order chi connectivity index (χ0) is 17.1. The first-order valence-corrected chi connectivity index (χ1v) is 7.47. The van der Waals surface area contributed by atoms with Crippen molar-refractivity contribution in [2.24, 2.45) is 7.05 Å². The molecule has 0 aliphatic rings. The summed E-state index contributed by atoms with van der Waals surface area (Å²) in [7, 11) is 1.46. The van der Waals surface area contributed by atoms with Crippen molar-refractivity contribution in [2.75, 3.05) is 6.54 Å². The van der Waals surface area contributed by atoms with Crippen LogP contribution in [0.15, 0.2) is 44.5 Å². The summed E-state index contributed by atoms with van der Waals surface area (Å²) >= 11 is 0. The number of nitrogens with zero attached hydrogens (tertiary/aromatic N) is 2. The van der Waals surface area contributed by atoms with E-state index in [9.17, 15) is 14.4 Å². The molecule has 0 aliphatic heterocycles. The van der Waals surface area contributed by atoms with Crippen LogP contribution in [0.2, 0.25) is 0 Å². The maximum absolute atomic E-state index is 12.0. The van der Waals surface area contributed by atoms with Crippen LogP contribution in [0, 0.1) is 0 Å². The van der Waals surface area contributed by atoms with Crippen molar-refractivity contribution in [1.29, 1.82) is 0 Å². The maximum Gasteiger partial charge on any atom is 0.328 e. The van der Waals surface area contributed by atoms with E-state index < -0.39 is 17.2 Å². The highest BCUT2D eigenvalue weighted by Crippen LogP contribution is 2.15. The van der Waals surface area contributed by atoms with Crippen molar-refractivity contribution >= 4 is 17.0 Å². The number of carbonyl (C=O) groups excluding carboxylic acids is 1. The quantitative estimate of drug-likeness (QED) is 0.666. The number of fused-ring (bicyclic) bond motifs is 1. The van der Waals surface area contributed by atoms with Gasteiger partial charge in [-0.25, -0.2) is 9.78 Å². The molecule has 0 atom stereocenters. The lowest BCUT2D eigenvalue weighted by Crippen LogP contribution is -2.36. The molecule has 2 aromatic heterocycles. The second-order valence-electron chi connectivity index (χ2n) is 5.35.